The van der Waals surface area contributed by atoms with E-state index < -0.39 is 11.4 Å². The molecule has 2 aromatic carbocycles. The van der Waals surface area contributed by atoms with E-state index in [9.17, 15) is 14.7 Å². The SMILES string of the molecule is Cc1cc(NC(=O)N2C[C@@H]3CCC[C@@]3(C(=O)O)C2)c2ccccc2c1. The highest BCUT2D eigenvalue weighted by Crippen LogP contribution is 2.49. The predicted molar refractivity (Wildman–Crippen MR) is 96.7 cm³/mol. The number of rotatable bonds is 2. The third-order valence-electron chi connectivity index (χ3n) is 5.83. The topological polar surface area (TPSA) is 69.6 Å². The van der Waals surface area contributed by atoms with E-state index in [1.165, 1.54) is 0 Å². The van der Waals surface area contributed by atoms with Gasteiger partial charge in [-0.2, -0.15) is 0 Å². The van der Waals surface area contributed by atoms with E-state index in [-0.39, 0.29) is 11.9 Å². The lowest BCUT2D eigenvalue weighted by molar-refractivity contribution is -0.149. The molecule has 25 heavy (non-hydrogen) atoms. The number of carbonyl (C=O) groups excluding carboxylic acids is 1. The van der Waals surface area contributed by atoms with Crippen molar-refractivity contribution in [1.29, 1.82) is 0 Å². The summed E-state index contributed by atoms with van der Waals surface area (Å²) in [6.45, 7) is 2.84. The van der Waals surface area contributed by atoms with Gasteiger partial charge in [-0.1, -0.05) is 36.8 Å². The number of likely N-dealkylation sites (tertiary alicyclic amines) is 1. The number of urea groups is 1. The summed E-state index contributed by atoms with van der Waals surface area (Å²) >= 11 is 0. The quantitative estimate of drug-likeness (QED) is 0.873. The van der Waals surface area contributed by atoms with Crippen LogP contribution < -0.4 is 5.32 Å². The molecule has 0 bridgehead atoms. The van der Waals surface area contributed by atoms with Crippen LogP contribution in [0.5, 0.6) is 0 Å². The Morgan fingerprint density at radius 3 is 2.84 bits per heavy atom. The van der Waals surface area contributed by atoms with Crippen molar-refractivity contribution in [2.24, 2.45) is 11.3 Å². The van der Waals surface area contributed by atoms with Crippen molar-refractivity contribution in [2.75, 3.05) is 18.4 Å². The number of benzene rings is 2. The highest BCUT2D eigenvalue weighted by atomic mass is 16.4. The fourth-order valence-electron chi connectivity index (χ4n) is 4.55. The minimum absolute atomic E-state index is 0.0741. The monoisotopic (exact) mass is 338 g/mol. The van der Waals surface area contributed by atoms with Crippen LogP contribution in [-0.2, 0) is 4.79 Å². The summed E-state index contributed by atoms with van der Waals surface area (Å²) in [5.74, 6) is -0.684. The molecule has 4 rings (SSSR count). The second-order valence-corrected chi connectivity index (χ2v) is 7.39. The molecule has 2 atom stereocenters. The summed E-state index contributed by atoms with van der Waals surface area (Å²) in [6, 6.07) is 11.8. The first kappa shape index (κ1) is 15.9. The van der Waals surface area contributed by atoms with Crippen molar-refractivity contribution >= 4 is 28.5 Å². The number of nitrogens with one attached hydrogen (secondary N) is 1. The van der Waals surface area contributed by atoms with Gasteiger partial charge in [0.1, 0.15) is 0 Å². The Bertz CT molecular complexity index is 863. The number of amides is 2. The number of fused-ring (bicyclic) bond motifs is 2. The molecule has 0 spiro atoms. The highest BCUT2D eigenvalue weighted by Gasteiger charge is 2.55. The van der Waals surface area contributed by atoms with Gasteiger partial charge in [0.15, 0.2) is 0 Å². The molecule has 2 fully saturated rings. The molecule has 1 aliphatic heterocycles. The minimum atomic E-state index is -0.758. The summed E-state index contributed by atoms with van der Waals surface area (Å²) in [4.78, 5) is 26.3. The van der Waals surface area contributed by atoms with Crippen molar-refractivity contribution < 1.29 is 14.7 Å². The van der Waals surface area contributed by atoms with Crippen molar-refractivity contribution in [2.45, 2.75) is 26.2 Å². The molecule has 5 heteroatoms. The highest BCUT2D eigenvalue weighted by molar-refractivity contribution is 6.02. The first-order chi connectivity index (χ1) is 12.0. The molecule has 2 aromatic rings. The zero-order chi connectivity index (χ0) is 17.6. The van der Waals surface area contributed by atoms with Crippen LogP contribution in [0.4, 0.5) is 10.5 Å². The molecule has 130 valence electrons. The molecule has 0 radical (unpaired) electrons. The average molecular weight is 338 g/mol. The Kier molecular flexibility index (Phi) is 3.67. The Balaban J connectivity index is 1.59. The molecule has 1 aliphatic carbocycles. The van der Waals surface area contributed by atoms with Crippen LogP contribution in [0.3, 0.4) is 0 Å². The van der Waals surface area contributed by atoms with Crippen molar-refractivity contribution in [1.82, 2.24) is 4.90 Å². The van der Waals surface area contributed by atoms with Gasteiger partial charge >= 0.3 is 12.0 Å². The number of anilines is 1. The minimum Gasteiger partial charge on any atom is -0.481 e. The lowest BCUT2D eigenvalue weighted by atomic mass is 9.81. The number of hydrogen-bond donors (Lipinski definition) is 2. The molecular formula is C20H22N2O3. The Morgan fingerprint density at radius 2 is 2.08 bits per heavy atom. The summed E-state index contributed by atoms with van der Waals surface area (Å²) in [6.07, 6.45) is 2.50. The second-order valence-electron chi connectivity index (χ2n) is 7.39. The maximum absolute atomic E-state index is 12.8. The average Bonchev–Trinajstić information content (AvgIpc) is 3.13. The van der Waals surface area contributed by atoms with Crippen LogP contribution in [0.15, 0.2) is 36.4 Å². The van der Waals surface area contributed by atoms with Crippen LogP contribution >= 0.6 is 0 Å². The van der Waals surface area contributed by atoms with Crippen LogP contribution in [0.25, 0.3) is 10.8 Å². The molecule has 0 unspecified atom stereocenters. The Morgan fingerprint density at radius 1 is 1.28 bits per heavy atom. The lowest BCUT2D eigenvalue weighted by Gasteiger charge is -2.23. The summed E-state index contributed by atoms with van der Waals surface area (Å²) in [5.41, 5.74) is 1.11. The maximum Gasteiger partial charge on any atom is 0.321 e. The zero-order valence-corrected chi connectivity index (χ0v) is 14.3. The summed E-state index contributed by atoms with van der Waals surface area (Å²) in [5, 5.41) is 14.8. The van der Waals surface area contributed by atoms with Crippen LogP contribution in [0.2, 0.25) is 0 Å². The van der Waals surface area contributed by atoms with Gasteiger partial charge in [-0.15, -0.1) is 0 Å². The number of carboxylic acid groups (broad SMARTS) is 1. The van der Waals surface area contributed by atoms with Crippen LogP contribution in [0.1, 0.15) is 24.8 Å². The molecule has 2 aliphatic rings. The third kappa shape index (κ3) is 2.54. The van der Waals surface area contributed by atoms with Gasteiger partial charge in [-0.05, 0) is 42.7 Å². The fraction of sp³-hybridized carbons (Fsp3) is 0.400. The smallest absolute Gasteiger partial charge is 0.321 e. The number of carboxylic acids is 1. The van der Waals surface area contributed by atoms with Crippen molar-refractivity contribution in [3.05, 3.63) is 42.0 Å². The second kappa shape index (κ2) is 5.76. The van der Waals surface area contributed by atoms with Gasteiger partial charge in [-0.25, -0.2) is 4.79 Å². The summed E-state index contributed by atoms with van der Waals surface area (Å²) in [7, 11) is 0. The zero-order valence-electron chi connectivity index (χ0n) is 14.3. The predicted octanol–water partition coefficient (Wildman–Crippen LogP) is 3.87. The number of aryl methyl sites for hydroxylation is 1. The van der Waals surface area contributed by atoms with Gasteiger partial charge in [0, 0.05) is 18.5 Å². The standard InChI is InChI=1S/C20H22N2O3/c1-13-9-14-5-2-3-7-16(14)17(10-13)21-19(25)22-11-15-6-4-8-20(15,12-22)18(23)24/h2-3,5,7,9-10,15H,4,6,8,11-12H2,1H3,(H,21,25)(H,23,24)/t15-,20+/m0/s1. The molecule has 0 aromatic heterocycles. The molecule has 1 saturated carbocycles. The van der Waals surface area contributed by atoms with Gasteiger partial charge in [0.05, 0.1) is 11.1 Å². The van der Waals surface area contributed by atoms with Gasteiger partial charge in [-0.3, -0.25) is 4.79 Å². The molecule has 1 saturated heterocycles. The van der Waals surface area contributed by atoms with Crippen LogP contribution in [0, 0.1) is 18.3 Å². The number of carbonyl (C=O) groups is 2. The van der Waals surface area contributed by atoms with E-state index >= 15 is 0 Å². The largest absolute Gasteiger partial charge is 0.481 e. The molecule has 5 nitrogen and oxygen atoms in total. The third-order valence-corrected chi connectivity index (χ3v) is 5.83. The Hall–Kier alpha value is -2.56. The maximum atomic E-state index is 12.8. The van der Waals surface area contributed by atoms with Gasteiger partial charge in [0.2, 0.25) is 0 Å². The Labute approximate surface area is 146 Å². The summed E-state index contributed by atoms with van der Waals surface area (Å²) < 4.78 is 0. The van der Waals surface area contributed by atoms with Crippen molar-refractivity contribution in [3.8, 4) is 0 Å². The van der Waals surface area contributed by atoms with Gasteiger partial charge < -0.3 is 15.3 Å². The van der Waals surface area contributed by atoms with E-state index in [1.807, 2.05) is 37.3 Å². The molecule has 2 amide bonds. The molecular weight excluding hydrogens is 316 g/mol. The van der Waals surface area contributed by atoms with Crippen LogP contribution in [-0.4, -0.2) is 35.1 Å². The van der Waals surface area contributed by atoms with E-state index in [4.69, 9.17) is 0 Å². The van der Waals surface area contributed by atoms with Gasteiger partial charge in [0.25, 0.3) is 0 Å². The first-order valence-electron chi connectivity index (χ1n) is 8.78. The van der Waals surface area contributed by atoms with E-state index in [2.05, 4.69) is 11.4 Å². The normalized spacial score (nSPS) is 25.2. The van der Waals surface area contributed by atoms with Crippen molar-refractivity contribution in [3.63, 3.8) is 0 Å². The number of nitrogens with zero attached hydrogens (tertiary/aromatic N) is 1. The molecule has 2 N–H and O–H groups in total. The van der Waals surface area contributed by atoms with E-state index in [1.54, 1.807) is 4.90 Å². The molecule has 1 heterocycles. The van der Waals surface area contributed by atoms with E-state index in [0.29, 0.717) is 19.5 Å². The fourth-order valence-corrected chi connectivity index (χ4v) is 4.55. The lowest BCUT2D eigenvalue weighted by Crippen LogP contribution is -2.38. The number of hydrogen-bond acceptors (Lipinski definition) is 2. The van der Waals surface area contributed by atoms with E-state index in [0.717, 1.165) is 34.9 Å². The number of aliphatic carboxylic acids is 1. The first-order valence-corrected chi connectivity index (χ1v) is 8.78.